The van der Waals surface area contributed by atoms with Gasteiger partial charge in [-0.25, -0.2) is 4.98 Å². The molecule has 260 valence electrons. The molecular weight excluding hydrogens is 574 g/mol. The highest BCUT2D eigenvalue weighted by atomic mass is 15.3. The van der Waals surface area contributed by atoms with Crippen molar-refractivity contribution in [2.45, 2.75) is 90.0 Å². The minimum Gasteiger partial charge on any atom is -0.387 e. The second-order valence-corrected chi connectivity index (χ2v) is 12.3. The number of hydrogen-bond acceptors (Lipinski definition) is 6. The number of hydrogen-bond donors (Lipinski definition) is 3. The minimum atomic E-state index is 0.394. The summed E-state index contributed by atoms with van der Waals surface area (Å²) in [5.74, 6) is 4.52. The van der Waals surface area contributed by atoms with E-state index in [-0.39, 0.29) is 0 Å². The van der Waals surface area contributed by atoms with Gasteiger partial charge in [0.1, 0.15) is 17.5 Å². The maximum Gasteiger partial charge on any atom is 0.126 e. The molecule has 0 spiro atoms. The smallest absolute Gasteiger partial charge is 0.126 e. The highest BCUT2D eigenvalue weighted by Crippen LogP contribution is 2.22. The van der Waals surface area contributed by atoms with Gasteiger partial charge in [0.25, 0.3) is 0 Å². The van der Waals surface area contributed by atoms with Crippen molar-refractivity contribution in [2.24, 2.45) is 37.8 Å². The Morgan fingerprint density at radius 3 is 1.39 bits per heavy atom. The number of aryl methyl sites for hydroxylation is 7. The zero-order chi connectivity index (χ0) is 36.2. The third-order valence-corrected chi connectivity index (χ3v) is 8.55. The molecule has 4 N–H and O–H groups in total. The largest absolute Gasteiger partial charge is 0.387 e. The van der Waals surface area contributed by atoms with Gasteiger partial charge in [0.05, 0.1) is 22.9 Å². The van der Waals surface area contributed by atoms with Gasteiger partial charge in [-0.05, 0) is 92.9 Å². The molecule has 0 amide bonds. The first-order chi connectivity index (χ1) is 21.1. The molecule has 0 aromatic carbocycles. The van der Waals surface area contributed by atoms with Crippen molar-refractivity contribution in [3.05, 3.63) is 62.2 Å². The summed E-state index contributed by atoms with van der Waals surface area (Å²) >= 11 is 0. The number of nitrogens with two attached hydrogens (primary N) is 1. The molecule has 4 rings (SSSR count). The minimum absolute atomic E-state index is 0.394. The second kappa shape index (κ2) is 18.8. The van der Waals surface area contributed by atoms with Crippen LogP contribution >= 0.6 is 0 Å². The van der Waals surface area contributed by atoms with E-state index in [0.717, 1.165) is 34.6 Å². The number of imidazole rings is 1. The molecule has 0 aliphatic rings. The molecule has 0 saturated heterocycles. The second-order valence-electron chi connectivity index (χ2n) is 12.3. The Bertz CT molecular complexity index is 1440. The Labute approximate surface area is 279 Å². The number of anilines is 2. The van der Waals surface area contributed by atoms with Crippen LogP contribution < -0.4 is 16.0 Å². The van der Waals surface area contributed by atoms with Gasteiger partial charge < -0.3 is 25.5 Å². The van der Waals surface area contributed by atoms with Crippen molar-refractivity contribution in [3.8, 4) is 0 Å². The lowest BCUT2D eigenvalue weighted by Gasteiger charge is -2.10. The van der Waals surface area contributed by atoms with Crippen LogP contribution in [0.2, 0.25) is 0 Å². The lowest BCUT2D eigenvalue weighted by atomic mass is 10.2. The Morgan fingerprint density at radius 1 is 0.761 bits per heavy atom. The van der Waals surface area contributed by atoms with Crippen LogP contribution in [-0.4, -0.2) is 68.1 Å². The Balaban J connectivity index is 0.000000555. The van der Waals surface area contributed by atoms with Crippen LogP contribution in [0.1, 0.15) is 76.1 Å². The lowest BCUT2D eigenvalue weighted by Crippen LogP contribution is -2.17. The SMILES string of the molecule is CN=C(N)C(C)C.CNc1c(C)c(C)nn1C.Cc1[nH]c(N(C)C)c(C)c1C.Cc1nc(C)n(C)c1C.Cc1nn(C)c(C)c1C. The van der Waals surface area contributed by atoms with E-state index in [1.54, 1.807) is 7.05 Å². The molecule has 11 heteroatoms. The van der Waals surface area contributed by atoms with Crippen molar-refractivity contribution in [1.29, 1.82) is 0 Å². The van der Waals surface area contributed by atoms with Crippen LogP contribution in [-0.2, 0) is 21.1 Å². The highest BCUT2D eigenvalue weighted by molar-refractivity contribution is 5.81. The first-order valence-corrected chi connectivity index (χ1v) is 15.8. The topological polar surface area (TPSA) is 123 Å². The predicted molar refractivity (Wildman–Crippen MR) is 199 cm³/mol. The van der Waals surface area contributed by atoms with E-state index >= 15 is 0 Å². The van der Waals surface area contributed by atoms with E-state index in [9.17, 15) is 0 Å². The fourth-order valence-electron chi connectivity index (χ4n) is 4.41. The summed E-state index contributed by atoms with van der Waals surface area (Å²) in [6.07, 6.45) is 0. The molecule has 0 aliphatic heterocycles. The van der Waals surface area contributed by atoms with Crippen molar-refractivity contribution < 1.29 is 0 Å². The lowest BCUT2D eigenvalue weighted by molar-refractivity contribution is 0.730. The first kappa shape index (κ1) is 42.0. The molecule has 0 bridgehead atoms. The van der Waals surface area contributed by atoms with Crippen LogP contribution in [0.3, 0.4) is 0 Å². The van der Waals surface area contributed by atoms with Gasteiger partial charge in [0, 0.05) is 77.9 Å². The molecule has 0 saturated carbocycles. The standard InChI is InChI=1S/C9H16N2.C7H13N3.2C7H12N2.C5H12N2/c1-6-7(2)9(11(4)5)10-8(6)3;1-5-6(2)9-10(4)7(5)8-3;1-5-6(2)9(4)7(3)8-5;1-5-6(2)8-9(4)7(5)3;1-4(2)5(6)7-3/h10H,1-5H3;8H,1-4H3;2*1-4H3;4H,1-3H3,(H2,6,7). The molecule has 46 heavy (non-hydrogen) atoms. The molecule has 4 aromatic heterocycles. The van der Waals surface area contributed by atoms with E-state index in [1.807, 2.05) is 79.1 Å². The quantitative estimate of drug-likeness (QED) is 0.176. The van der Waals surface area contributed by atoms with E-state index in [4.69, 9.17) is 5.73 Å². The molecule has 0 aliphatic carbocycles. The summed E-state index contributed by atoms with van der Waals surface area (Å²) in [4.78, 5) is 13.5. The van der Waals surface area contributed by atoms with E-state index in [2.05, 4.69) is 103 Å². The van der Waals surface area contributed by atoms with Gasteiger partial charge in [-0.1, -0.05) is 13.8 Å². The molecule has 0 unspecified atom stereocenters. The zero-order valence-corrected chi connectivity index (χ0v) is 32.7. The van der Waals surface area contributed by atoms with Crippen LogP contribution in [0.5, 0.6) is 0 Å². The summed E-state index contributed by atoms with van der Waals surface area (Å²) in [6, 6.07) is 0. The third kappa shape index (κ3) is 11.7. The van der Waals surface area contributed by atoms with Gasteiger partial charge in [-0.2, -0.15) is 10.2 Å². The van der Waals surface area contributed by atoms with Crippen molar-refractivity contribution in [2.75, 3.05) is 38.4 Å². The normalized spacial score (nSPS) is 10.6. The molecule has 0 atom stereocenters. The maximum absolute atomic E-state index is 5.37. The fraction of sp³-hybridized carbons (Fsp3) is 0.600. The Kier molecular flexibility index (Phi) is 17.2. The number of rotatable bonds is 3. The zero-order valence-electron chi connectivity index (χ0n) is 32.7. The van der Waals surface area contributed by atoms with Crippen molar-refractivity contribution in [1.82, 2.24) is 34.1 Å². The number of H-pyrrole nitrogens is 1. The highest BCUT2D eigenvalue weighted by Gasteiger charge is 2.08. The number of amidine groups is 1. The van der Waals surface area contributed by atoms with Gasteiger partial charge in [0.2, 0.25) is 0 Å². The number of nitrogens with one attached hydrogen (secondary N) is 2. The fourth-order valence-corrected chi connectivity index (χ4v) is 4.41. The van der Waals surface area contributed by atoms with Gasteiger partial charge >= 0.3 is 0 Å². The van der Waals surface area contributed by atoms with E-state index in [0.29, 0.717) is 5.92 Å². The van der Waals surface area contributed by atoms with Crippen LogP contribution in [0.4, 0.5) is 11.6 Å². The summed E-state index contributed by atoms with van der Waals surface area (Å²) in [6.45, 7) is 26.8. The molecule has 0 fully saturated rings. The van der Waals surface area contributed by atoms with E-state index < -0.39 is 0 Å². The number of aromatic amines is 1. The van der Waals surface area contributed by atoms with Crippen LogP contribution in [0.15, 0.2) is 4.99 Å². The number of aromatic nitrogens is 7. The summed E-state index contributed by atoms with van der Waals surface area (Å²) < 4.78 is 5.85. The number of aliphatic imine (C=N–C) groups is 1. The number of nitrogens with zero attached hydrogens (tertiary/aromatic N) is 8. The van der Waals surface area contributed by atoms with Crippen LogP contribution in [0.25, 0.3) is 0 Å². The van der Waals surface area contributed by atoms with Crippen LogP contribution in [0, 0.1) is 82.1 Å². The Hall–Kier alpha value is -4.02. The summed E-state index contributed by atoms with van der Waals surface area (Å²) in [5, 5.41) is 11.5. The molecule has 4 aromatic rings. The summed E-state index contributed by atoms with van der Waals surface area (Å²) in [7, 11) is 13.7. The maximum atomic E-state index is 5.37. The molecule has 0 radical (unpaired) electrons. The molecule has 11 nitrogen and oxygen atoms in total. The van der Waals surface area contributed by atoms with Gasteiger partial charge in [0.15, 0.2) is 0 Å². The predicted octanol–water partition coefficient (Wildman–Crippen LogP) is 6.40. The van der Waals surface area contributed by atoms with Crippen molar-refractivity contribution in [3.63, 3.8) is 0 Å². The van der Waals surface area contributed by atoms with Gasteiger partial charge in [-0.3, -0.25) is 14.4 Å². The average molecular weight is 640 g/mol. The Morgan fingerprint density at radius 2 is 1.26 bits per heavy atom. The summed E-state index contributed by atoms with van der Waals surface area (Å²) in [5.41, 5.74) is 17.8. The molecular formula is C35H65N11. The van der Waals surface area contributed by atoms with Gasteiger partial charge in [-0.15, -0.1) is 0 Å². The monoisotopic (exact) mass is 640 g/mol. The third-order valence-electron chi connectivity index (χ3n) is 8.55. The van der Waals surface area contributed by atoms with Crippen molar-refractivity contribution >= 4 is 17.5 Å². The average Bonchev–Trinajstić information content (AvgIpc) is 3.58. The van der Waals surface area contributed by atoms with E-state index in [1.165, 1.54) is 45.2 Å². The first-order valence-electron chi connectivity index (χ1n) is 15.8. The molecule has 4 heterocycles.